The number of benzene rings is 1. The normalized spacial score (nSPS) is 10.7. The molecule has 0 saturated heterocycles. The molecule has 0 amide bonds. The summed E-state index contributed by atoms with van der Waals surface area (Å²) < 4.78 is 5.39. The fourth-order valence-corrected chi connectivity index (χ4v) is 2.25. The van der Waals surface area contributed by atoms with E-state index in [1.165, 1.54) is 6.07 Å². The van der Waals surface area contributed by atoms with E-state index in [2.05, 4.69) is 9.97 Å². The van der Waals surface area contributed by atoms with Crippen molar-refractivity contribution in [2.45, 2.75) is 6.92 Å². The Balaban J connectivity index is 2.20. The Labute approximate surface area is 120 Å². The molecule has 0 spiro atoms. The van der Waals surface area contributed by atoms with Crippen molar-refractivity contribution in [1.29, 1.82) is 0 Å². The zero-order chi connectivity index (χ0) is 14.8. The third-order valence-electron chi connectivity index (χ3n) is 3.13. The maximum atomic E-state index is 11.2. The fourth-order valence-electron chi connectivity index (χ4n) is 2.25. The van der Waals surface area contributed by atoms with E-state index < -0.39 is 4.92 Å². The summed E-state index contributed by atoms with van der Waals surface area (Å²) in [6.07, 6.45) is 1.68. The molecule has 0 unspecified atom stereocenters. The smallest absolute Gasteiger partial charge is 0.296 e. The highest BCUT2D eigenvalue weighted by Crippen LogP contribution is 2.33. The summed E-state index contributed by atoms with van der Waals surface area (Å²) >= 11 is 0. The van der Waals surface area contributed by atoms with E-state index in [9.17, 15) is 10.1 Å². The Bertz CT molecular complexity index is 797. The Morgan fingerprint density at radius 2 is 2.19 bits per heavy atom. The lowest BCUT2D eigenvalue weighted by molar-refractivity contribution is -0.383. The maximum absolute atomic E-state index is 11.2. The first-order valence-corrected chi connectivity index (χ1v) is 6.54. The van der Waals surface area contributed by atoms with E-state index in [0.717, 1.165) is 16.8 Å². The van der Waals surface area contributed by atoms with Crippen molar-refractivity contribution < 1.29 is 9.66 Å². The number of hydrogen-bond donors (Lipinski definition) is 1. The summed E-state index contributed by atoms with van der Waals surface area (Å²) in [4.78, 5) is 18.1. The minimum atomic E-state index is -0.413. The van der Waals surface area contributed by atoms with Crippen LogP contribution in [0.15, 0.2) is 42.6 Å². The molecular formula is C15H13N3O3. The fraction of sp³-hybridized carbons (Fsp3) is 0.133. The van der Waals surface area contributed by atoms with Gasteiger partial charge in [0.2, 0.25) is 0 Å². The number of aromatic nitrogens is 2. The van der Waals surface area contributed by atoms with Crippen LogP contribution in [0.2, 0.25) is 0 Å². The van der Waals surface area contributed by atoms with Gasteiger partial charge in [-0.1, -0.05) is 6.07 Å². The summed E-state index contributed by atoms with van der Waals surface area (Å²) in [5, 5.41) is 12.0. The minimum Gasteiger partial charge on any atom is -0.494 e. The van der Waals surface area contributed by atoms with E-state index in [4.69, 9.17) is 4.74 Å². The van der Waals surface area contributed by atoms with E-state index in [1.54, 1.807) is 12.3 Å². The van der Waals surface area contributed by atoms with Crippen LogP contribution in [0.25, 0.3) is 22.3 Å². The second-order valence-corrected chi connectivity index (χ2v) is 4.49. The van der Waals surface area contributed by atoms with Crippen LogP contribution in [-0.4, -0.2) is 21.5 Å². The predicted molar refractivity (Wildman–Crippen MR) is 79.4 cm³/mol. The number of fused-ring (bicyclic) bond motifs is 1. The minimum absolute atomic E-state index is 0.00173. The first-order chi connectivity index (χ1) is 10.2. The van der Waals surface area contributed by atoms with Crippen LogP contribution in [-0.2, 0) is 0 Å². The number of hydrogen-bond acceptors (Lipinski definition) is 4. The van der Waals surface area contributed by atoms with Crippen molar-refractivity contribution in [3.63, 3.8) is 0 Å². The van der Waals surface area contributed by atoms with Crippen molar-refractivity contribution in [3.05, 3.63) is 52.7 Å². The van der Waals surface area contributed by atoms with Crippen molar-refractivity contribution in [3.8, 4) is 17.1 Å². The standard InChI is InChI=1S/C15H13N3O3/c1-2-21-11-7-10-8-13(12-5-3-4-6-16-12)17-15(10)14(9-11)18(19)20/h3-9,17H,2H2,1H3. The second kappa shape index (κ2) is 5.24. The zero-order valence-electron chi connectivity index (χ0n) is 11.4. The highest BCUT2D eigenvalue weighted by Gasteiger charge is 2.17. The summed E-state index contributed by atoms with van der Waals surface area (Å²) in [5.41, 5.74) is 1.95. The van der Waals surface area contributed by atoms with Crippen molar-refractivity contribution >= 4 is 16.6 Å². The van der Waals surface area contributed by atoms with Crippen molar-refractivity contribution in [2.75, 3.05) is 6.61 Å². The molecule has 1 aromatic carbocycles. The summed E-state index contributed by atoms with van der Waals surface area (Å²) in [5.74, 6) is 0.489. The number of ether oxygens (including phenoxy) is 1. The van der Waals surface area contributed by atoms with Gasteiger partial charge in [0, 0.05) is 11.6 Å². The monoisotopic (exact) mass is 283 g/mol. The van der Waals surface area contributed by atoms with Crippen LogP contribution in [0.1, 0.15) is 6.92 Å². The number of nitrogens with zero attached hydrogens (tertiary/aromatic N) is 2. The number of aromatic amines is 1. The zero-order valence-corrected chi connectivity index (χ0v) is 11.4. The number of non-ortho nitro benzene ring substituents is 1. The molecule has 0 radical (unpaired) electrons. The molecule has 0 aliphatic carbocycles. The van der Waals surface area contributed by atoms with Gasteiger partial charge in [-0.2, -0.15) is 0 Å². The van der Waals surface area contributed by atoms with Gasteiger partial charge in [0.1, 0.15) is 11.3 Å². The van der Waals surface area contributed by atoms with Gasteiger partial charge < -0.3 is 9.72 Å². The van der Waals surface area contributed by atoms with Crippen LogP contribution < -0.4 is 4.74 Å². The van der Waals surface area contributed by atoms with Crippen molar-refractivity contribution in [2.24, 2.45) is 0 Å². The second-order valence-electron chi connectivity index (χ2n) is 4.49. The number of H-pyrrole nitrogens is 1. The third-order valence-corrected chi connectivity index (χ3v) is 3.13. The Morgan fingerprint density at radius 3 is 2.86 bits per heavy atom. The molecule has 0 saturated carbocycles. The average Bonchev–Trinajstić information content (AvgIpc) is 2.91. The van der Waals surface area contributed by atoms with Gasteiger partial charge in [0.05, 0.1) is 29.0 Å². The summed E-state index contributed by atoms with van der Waals surface area (Å²) in [6, 6.07) is 10.6. The summed E-state index contributed by atoms with van der Waals surface area (Å²) in [6.45, 7) is 2.30. The molecule has 0 atom stereocenters. The number of nitrogens with one attached hydrogen (secondary N) is 1. The Morgan fingerprint density at radius 1 is 1.33 bits per heavy atom. The number of nitro groups is 1. The lowest BCUT2D eigenvalue weighted by Gasteiger charge is -2.03. The van der Waals surface area contributed by atoms with E-state index in [0.29, 0.717) is 17.9 Å². The van der Waals surface area contributed by atoms with E-state index >= 15 is 0 Å². The molecule has 0 aliphatic rings. The largest absolute Gasteiger partial charge is 0.494 e. The maximum Gasteiger partial charge on any atom is 0.296 e. The third kappa shape index (κ3) is 2.43. The van der Waals surface area contributed by atoms with Gasteiger partial charge in [-0.05, 0) is 31.2 Å². The molecule has 1 N–H and O–H groups in total. The van der Waals surface area contributed by atoms with Crippen LogP contribution in [0, 0.1) is 10.1 Å². The van der Waals surface area contributed by atoms with Crippen LogP contribution in [0.4, 0.5) is 5.69 Å². The summed E-state index contributed by atoms with van der Waals surface area (Å²) in [7, 11) is 0. The molecule has 0 bridgehead atoms. The van der Waals surface area contributed by atoms with Crippen LogP contribution in [0.5, 0.6) is 5.75 Å². The van der Waals surface area contributed by atoms with Gasteiger partial charge in [0.15, 0.2) is 0 Å². The lowest BCUT2D eigenvalue weighted by atomic mass is 10.2. The number of rotatable bonds is 4. The highest BCUT2D eigenvalue weighted by atomic mass is 16.6. The van der Waals surface area contributed by atoms with Gasteiger partial charge in [-0.15, -0.1) is 0 Å². The molecule has 0 aliphatic heterocycles. The van der Waals surface area contributed by atoms with Gasteiger partial charge >= 0.3 is 0 Å². The van der Waals surface area contributed by atoms with Gasteiger partial charge in [0.25, 0.3) is 5.69 Å². The van der Waals surface area contributed by atoms with Gasteiger partial charge in [-0.25, -0.2) is 0 Å². The topological polar surface area (TPSA) is 81.0 Å². The number of pyridine rings is 1. The molecule has 2 aromatic heterocycles. The Kier molecular flexibility index (Phi) is 3.27. The molecule has 6 heteroatoms. The first kappa shape index (κ1) is 13.1. The average molecular weight is 283 g/mol. The molecule has 106 valence electrons. The molecule has 3 aromatic rings. The lowest BCUT2D eigenvalue weighted by Crippen LogP contribution is -1.94. The molecule has 21 heavy (non-hydrogen) atoms. The number of nitro benzene ring substituents is 1. The van der Waals surface area contributed by atoms with Crippen LogP contribution in [0.3, 0.4) is 0 Å². The van der Waals surface area contributed by atoms with E-state index in [-0.39, 0.29) is 5.69 Å². The first-order valence-electron chi connectivity index (χ1n) is 6.54. The quantitative estimate of drug-likeness (QED) is 0.586. The van der Waals surface area contributed by atoms with Crippen LogP contribution >= 0.6 is 0 Å². The van der Waals surface area contributed by atoms with E-state index in [1.807, 2.05) is 31.2 Å². The molecule has 6 nitrogen and oxygen atoms in total. The highest BCUT2D eigenvalue weighted by molar-refractivity contribution is 5.93. The molecule has 0 fully saturated rings. The van der Waals surface area contributed by atoms with Gasteiger partial charge in [-0.3, -0.25) is 15.1 Å². The SMILES string of the molecule is CCOc1cc([N+](=O)[O-])c2[nH]c(-c3ccccn3)cc2c1. The molecule has 2 heterocycles. The molecular weight excluding hydrogens is 270 g/mol. The van der Waals surface area contributed by atoms with Crippen molar-refractivity contribution in [1.82, 2.24) is 9.97 Å². The Hall–Kier alpha value is -2.89. The predicted octanol–water partition coefficient (Wildman–Crippen LogP) is 3.54. The molecule has 3 rings (SSSR count).